The number of hydrogen-bond acceptors (Lipinski definition) is 6. The predicted molar refractivity (Wildman–Crippen MR) is 119 cm³/mol. The molecule has 1 aromatic rings. The van der Waals surface area contributed by atoms with Crippen molar-refractivity contribution in [2.45, 2.75) is 37.8 Å². The van der Waals surface area contributed by atoms with E-state index >= 15 is 0 Å². The normalized spacial score (nSPS) is 18.1. The molecule has 2 saturated heterocycles. The molecule has 8 heteroatoms. The molecule has 166 valence electrons. The third kappa shape index (κ3) is 7.68. The average Bonchev–Trinajstić information content (AvgIpc) is 2.81. The van der Waals surface area contributed by atoms with Gasteiger partial charge in [-0.25, -0.2) is 0 Å². The van der Waals surface area contributed by atoms with Gasteiger partial charge < -0.3 is 31.9 Å². The Bertz CT molecular complexity index is 597. The van der Waals surface area contributed by atoms with Crippen molar-refractivity contribution < 1.29 is 9.59 Å². The summed E-state index contributed by atoms with van der Waals surface area (Å²) in [5, 5.41) is 19.5. The van der Waals surface area contributed by atoms with Gasteiger partial charge in [0, 0.05) is 49.4 Å². The smallest absolute Gasteiger partial charge is 0.251 e. The monoisotopic (exact) mass is 416 g/mol. The van der Waals surface area contributed by atoms with Crippen molar-refractivity contribution >= 4 is 11.8 Å². The highest BCUT2D eigenvalue weighted by Crippen LogP contribution is 2.05. The second-order valence-electron chi connectivity index (χ2n) is 8.05. The molecule has 3 rings (SSSR count). The zero-order valence-electron chi connectivity index (χ0n) is 17.8. The van der Waals surface area contributed by atoms with Crippen molar-refractivity contribution in [3.63, 3.8) is 0 Å². The Morgan fingerprint density at radius 2 is 1.03 bits per heavy atom. The van der Waals surface area contributed by atoms with E-state index < -0.39 is 0 Å². The minimum absolute atomic E-state index is 0.111. The largest absolute Gasteiger partial charge is 0.351 e. The van der Waals surface area contributed by atoms with Crippen LogP contribution in [-0.4, -0.2) is 76.3 Å². The van der Waals surface area contributed by atoms with E-state index in [0.29, 0.717) is 36.3 Å². The third-order valence-electron chi connectivity index (χ3n) is 5.77. The molecule has 0 atom stereocenters. The molecule has 30 heavy (non-hydrogen) atoms. The SMILES string of the molecule is O=C(NCCNC1CCNCC1)c1ccc(C(=O)NCCNC2CCNCC2)cc1. The topological polar surface area (TPSA) is 106 Å². The van der Waals surface area contributed by atoms with Crippen LogP contribution in [0.15, 0.2) is 24.3 Å². The molecule has 2 aliphatic rings. The van der Waals surface area contributed by atoms with Crippen molar-refractivity contribution in [3.8, 4) is 0 Å². The number of benzene rings is 1. The van der Waals surface area contributed by atoms with Gasteiger partial charge >= 0.3 is 0 Å². The van der Waals surface area contributed by atoms with Gasteiger partial charge in [-0.1, -0.05) is 0 Å². The molecule has 0 radical (unpaired) electrons. The fourth-order valence-corrected chi connectivity index (χ4v) is 3.93. The van der Waals surface area contributed by atoms with Gasteiger partial charge in [-0.3, -0.25) is 9.59 Å². The quantitative estimate of drug-likeness (QED) is 0.296. The number of carbonyl (C=O) groups is 2. The summed E-state index contributed by atoms with van der Waals surface area (Å²) >= 11 is 0. The van der Waals surface area contributed by atoms with Crippen LogP contribution in [0.1, 0.15) is 46.4 Å². The number of amides is 2. The van der Waals surface area contributed by atoms with Crippen LogP contribution >= 0.6 is 0 Å². The Labute approximate surface area is 179 Å². The summed E-state index contributed by atoms with van der Waals surface area (Å²) in [7, 11) is 0. The van der Waals surface area contributed by atoms with Crippen molar-refractivity contribution in [2.75, 3.05) is 52.4 Å². The fourth-order valence-electron chi connectivity index (χ4n) is 3.93. The lowest BCUT2D eigenvalue weighted by molar-refractivity contribution is 0.0941. The van der Waals surface area contributed by atoms with E-state index in [1.54, 1.807) is 24.3 Å². The molecule has 1 aromatic carbocycles. The van der Waals surface area contributed by atoms with Gasteiger partial charge in [0.1, 0.15) is 0 Å². The fraction of sp³-hybridized carbons (Fsp3) is 0.636. The highest BCUT2D eigenvalue weighted by atomic mass is 16.2. The van der Waals surface area contributed by atoms with Gasteiger partial charge in [0.05, 0.1) is 0 Å². The van der Waals surface area contributed by atoms with E-state index in [0.717, 1.165) is 65.0 Å². The highest BCUT2D eigenvalue weighted by molar-refractivity contribution is 5.97. The van der Waals surface area contributed by atoms with E-state index in [4.69, 9.17) is 0 Å². The predicted octanol–water partition coefficient (Wildman–Crippen LogP) is -0.171. The Kier molecular flexibility index (Phi) is 9.56. The minimum atomic E-state index is -0.111. The molecule has 6 N–H and O–H groups in total. The number of rotatable bonds is 10. The Morgan fingerprint density at radius 1 is 0.667 bits per heavy atom. The third-order valence-corrected chi connectivity index (χ3v) is 5.77. The van der Waals surface area contributed by atoms with Gasteiger partial charge in [-0.15, -0.1) is 0 Å². The number of nitrogens with one attached hydrogen (secondary N) is 6. The summed E-state index contributed by atoms with van der Waals surface area (Å²) in [6.45, 7) is 6.93. The highest BCUT2D eigenvalue weighted by Gasteiger charge is 2.13. The second-order valence-corrected chi connectivity index (χ2v) is 8.05. The maximum absolute atomic E-state index is 12.3. The summed E-state index contributed by atoms with van der Waals surface area (Å²) in [6, 6.07) is 7.90. The summed E-state index contributed by atoms with van der Waals surface area (Å²) in [4.78, 5) is 24.6. The Hall–Kier alpha value is -2.00. The maximum Gasteiger partial charge on any atom is 0.251 e. The standard InChI is InChI=1S/C22H36N6O2/c29-21(27-15-13-25-19-5-9-23-10-6-19)17-1-2-18(4-3-17)22(30)28-16-14-26-20-7-11-24-12-8-20/h1-4,19-20,23-26H,5-16H2,(H,27,29)(H,28,30). The molecule has 2 heterocycles. The molecular formula is C22H36N6O2. The van der Waals surface area contributed by atoms with Gasteiger partial charge in [0.2, 0.25) is 0 Å². The summed E-state index contributed by atoms with van der Waals surface area (Å²) in [5.74, 6) is -0.222. The molecule has 0 unspecified atom stereocenters. The first-order valence-corrected chi connectivity index (χ1v) is 11.3. The zero-order chi connectivity index (χ0) is 21.0. The van der Waals surface area contributed by atoms with E-state index in [9.17, 15) is 9.59 Å². The lowest BCUT2D eigenvalue weighted by Crippen LogP contribution is -2.43. The first-order valence-electron chi connectivity index (χ1n) is 11.3. The Balaban J connectivity index is 1.30. The zero-order valence-corrected chi connectivity index (χ0v) is 17.8. The lowest BCUT2D eigenvalue weighted by atomic mass is 10.1. The molecule has 0 spiro atoms. The van der Waals surface area contributed by atoms with Crippen LogP contribution in [0.3, 0.4) is 0 Å². The summed E-state index contributed by atoms with van der Waals surface area (Å²) < 4.78 is 0. The number of hydrogen-bond donors (Lipinski definition) is 6. The molecule has 2 amide bonds. The molecule has 0 saturated carbocycles. The van der Waals surface area contributed by atoms with E-state index in [2.05, 4.69) is 31.9 Å². The van der Waals surface area contributed by atoms with Crippen molar-refractivity contribution in [1.82, 2.24) is 31.9 Å². The first kappa shape index (κ1) is 22.7. The van der Waals surface area contributed by atoms with Gasteiger partial charge in [0.25, 0.3) is 11.8 Å². The van der Waals surface area contributed by atoms with E-state index in [1.165, 1.54) is 0 Å². The van der Waals surface area contributed by atoms with Crippen LogP contribution < -0.4 is 31.9 Å². The number of carbonyl (C=O) groups excluding carboxylic acids is 2. The van der Waals surface area contributed by atoms with Crippen molar-refractivity contribution in [1.29, 1.82) is 0 Å². The van der Waals surface area contributed by atoms with Gasteiger partial charge in [0.15, 0.2) is 0 Å². The summed E-state index contributed by atoms with van der Waals surface area (Å²) in [6.07, 6.45) is 4.52. The minimum Gasteiger partial charge on any atom is -0.351 e. The van der Waals surface area contributed by atoms with Crippen molar-refractivity contribution in [3.05, 3.63) is 35.4 Å². The average molecular weight is 417 g/mol. The molecular weight excluding hydrogens is 380 g/mol. The van der Waals surface area contributed by atoms with Crippen LogP contribution in [0.2, 0.25) is 0 Å². The van der Waals surface area contributed by atoms with Crippen LogP contribution in [0.5, 0.6) is 0 Å². The second kappa shape index (κ2) is 12.6. The molecule has 0 aliphatic carbocycles. The van der Waals surface area contributed by atoms with Crippen molar-refractivity contribution in [2.24, 2.45) is 0 Å². The van der Waals surface area contributed by atoms with Crippen LogP contribution in [0.4, 0.5) is 0 Å². The van der Waals surface area contributed by atoms with E-state index in [1.807, 2.05) is 0 Å². The van der Waals surface area contributed by atoms with Crippen LogP contribution in [0, 0.1) is 0 Å². The van der Waals surface area contributed by atoms with E-state index in [-0.39, 0.29) is 11.8 Å². The van der Waals surface area contributed by atoms with Gasteiger partial charge in [-0.2, -0.15) is 0 Å². The molecule has 0 bridgehead atoms. The first-order chi connectivity index (χ1) is 14.7. The van der Waals surface area contributed by atoms with Crippen LogP contribution in [-0.2, 0) is 0 Å². The maximum atomic E-state index is 12.3. The molecule has 8 nitrogen and oxygen atoms in total. The molecule has 0 aromatic heterocycles. The lowest BCUT2D eigenvalue weighted by Gasteiger charge is -2.23. The Morgan fingerprint density at radius 3 is 1.40 bits per heavy atom. The number of piperidine rings is 2. The van der Waals surface area contributed by atoms with Crippen LogP contribution in [0.25, 0.3) is 0 Å². The molecule has 2 fully saturated rings. The summed E-state index contributed by atoms with van der Waals surface area (Å²) in [5.41, 5.74) is 1.14. The molecule has 2 aliphatic heterocycles. The van der Waals surface area contributed by atoms with Gasteiger partial charge in [-0.05, 0) is 76.1 Å².